The Morgan fingerprint density at radius 2 is 2.25 bits per heavy atom. The van der Waals surface area contributed by atoms with Crippen LogP contribution in [0.4, 0.5) is 0 Å². The van der Waals surface area contributed by atoms with Crippen molar-refractivity contribution in [2.24, 2.45) is 0 Å². The topological polar surface area (TPSA) is 41.1 Å². The molecule has 0 aliphatic carbocycles. The number of rotatable bonds is 4. The molecule has 0 bridgehead atoms. The Balaban J connectivity index is 0.00000200. The molecule has 1 aromatic carbocycles. The zero-order chi connectivity index (χ0) is 13.8. The molecule has 20 heavy (non-hydrogen) atoms. The molecule has 0 aromatic heterocycles. The summed E-state index contributed by atoms with van der Waals surface area (Å²) in [6.45, 7) is 2.91. The molecule has 0 saturated carbocycles. The molecule has 1 aliphatic rings. The molecule has 1 heterocycles. The fourth-order valence-electron chi connectivity index (χ4n) is 2.32. The molecule has 1 aliphatic heterocycles. The van der Waals surface area contributed by atoms with E-state index in [-0.39, 0.29) is 30.4 Å². The summed E-state index contributed by atoms with van der Waals surface area (Å²) in [4.78, 5) is 12.0. The highest BCUT2D eigenvalue weighted by molar-refractivity contribution is 6.35. The van der Waals surface area contributed by atoms with Gasteiger partial charge in [-0.05, 0) is 50.4 Å². The molecular formula is C14H19Cl3N2O. The van der Waals surface area contributed by atoms with E-state index in [1.165, 1.54) is 0 Å². The van der Waals surface area contributed by atoms with E-state index in [0.29, 0.717) is 16.5 Å². The molecule has 0 spiro atoms. The highest BCUT2D eigenvalue weighted by Crippen LogP contribution is 2.22. The lowest BCUT2D eigenvalue weighted by Gasteiger charge is -2.18. The number of hydrogen-bond donors (Lipinski definition) is 2. The maximum Gasteiger partial charge on any atom is 0.237 e. The second-order valence-corrected chi connectivity index (χ2v) is 5.84. The van der Waals surface area contributed by atoms with Crippen molar-refractivity contribution in [2.45, 2.75) is 38.3 Å². The lowest BCUT2D eigenvalue weighted by atomic mass is 10.1. The van der Waals surface area contributed by atoms with Gasteiger partial charge in [-0.1, -0.05) is 29.3 Å². The Kier molecular flexibility index (Phi) is 7.10. The Bertz CT molecular complexity index is 462. The van der Waals surface area contributed by atoms with Gasteiger partial charge in [-0.2, -0.15) is 0 Å². The minimum atomic E-state index is -0.0388. The van der Waals surface area contributed by atoms with Gasteiger partial charge in [-0.3, -0.25) is 4.79 Å². The molecule has 0 radical (unpaired) electrons. The van der Waals surface area contributed by atoms with Crippen molar-refractivity contribution in [2.75, 3.05) is 6.54 Å². The van der Waals surface area contributed by atoms with Gasteiger partial charge < -0.3 is 10.6 Å². The van der Waals surface area contributed by atoms with Crippen molar-refractivity contribution < 1.29 is 4.79 Å². The summed E-state index contributed by atoms with van der Waals surface area (Å²) in [6.07, 6.45) is 2.68. The molecule has 112 valence electrons. The lowest BCUT2D eigenvalue weighted by Crippen LogP contribution is -2.44. The average molecular weight is 338 g/mol. The summed E-state index contributed by atoms with van der Waals surface area (Å²) in [6, 6.07) is 5.46. The van der Waals surface area contributed by atoms with Crippen molar-refractivity contribution in [1.29, 1.82) is 0 Å². The number of carbonyl (C=O) groups excluding carboxylic acids is 1. The fourth-order valence-corrected chi connectivity index (χ4v) is 2.81. The number of halogens is 3. The van der Waals surface area contributed by atoms with Crippen molar-refractivity contribution >= 4 is 41.5 Å². The summed E-state index contributed by atoms with van der Waals surface area (Å²) < 4.78 is 0. The van der Waals surface area contributed by atoms with Crippen LogP contribution in [0.3, 0.4) is 0 Å². The van der Waals surface area contributed by atoms with Gasteiger partial charge in [0.2, 0.25) is 5.91 Å². The molecule has 3 nitrogen and oxygen atoms in total. The number of carbonyl (C=O) groups is 1. The zero-order valence-electron chi connectivity index (χ0n) is 11.3. The number of hydrogen-bond acceptors (Lipinski definition) is 2. The molecule has 2 unspecified atom stereocenters. The largest absolute Gasteiger partial charge is 0.352 e. The first-order valence-electron chi connectivity index (χ1n) is 6.54. The normalized spacial score (nSPS) is 19.2. The van der Waals surface area contributed by atoms with E-state index >= 15 is 0 Å². The van der Waals surface area contributed by atoms with Crippen molar-refractivity contribution in [3.63, 3.8) is 0 Å². The van der Waals surface area contributed by atoms with Gasteiger partial charge in [0.15, 0.2) is 0 Å². The van der Waals surface area contributed by atoms with Crippen LogP contribution >= 0.6 is 35.6 Å². The smallest absolute Gasteiger partial charge is 0.237 e. The van der Waals surface area contributed by atoms with Crippen LogP contribution in [-0.2, 0) is 11.2 Å². The van der Waals surface area contributed by atoms with Gasteiger partial charge in [0, 0.05) is 16.1 Å². The minimum Gasteiger partial charge on any atom is -0.352 e. The second-order valence-electron chi connectivity index (χ2n) is 5.00. The fraction of sp³-hybridized carbons (Fsp3) is 0.500. The quantitative estimate of drug-likeness (QED) is 0.886. The van der Waals surface area contributed by atoms with Gasteiger partial charge >= 0.3 is 0 Å². The zero-order valence-corrected chi connectivity index (χ0v) is 13.6. The number of amides is 1. The maximum atomic E-state index is 12.0. The average Bonchev–Trinajstić information content (AvgIpc) is 2.86. The van der Waals surface area contributed by atoms with E-state index in [2.05, 4.69) is 10.6 Å². The molecule has 1 saturated heterocycles. The molecule has 2 N–H and O–H groups in total. The van der Waals surface area contributed by atoms with Gasteiger partial charge in [0.05, 0.1) is 6.04 Å². The first-order valence-corrected chi connectivity index (χ1v) is 7.29. The Labute approximate surface area is 135 Å². The standard InChI is InChI=1S/C14H18Cl2N2O.ClH/c1-9(18-14(19)13-3-2-6-17-13)7-10-4-5-11(15)8-12(10)16;/h4-5,8-9,13,17H,2-3,6-7H2,1H3,(H,18,19);1H. The van der Waals surface area contributed by atoms with Crippen LogP contribution in [0.5, 0.6) is 0 Å². The van der Waals surface area contributed by atoms with E-state index in [1.807, 2.05) is 19.1 Å². The summed E-state index contributed by atoms with van der Waals surface area (Å²) in [7, 11) is 0. The third kappa shape index (κ3) is 4.81. The molecule has 1 amide bonds. The van der Waals surface area contributed by atoms with Crippen molar-refractivity contribution in [3.05, 3.63) is 33.8 Å². The first-order chi connectivity index (χ1) is 9.06. The molecule has 2 atom stereocenters. The molecular weight excluding hydrogens is 319 g/mol. The molecule has 1 aromatic rings. The Morgan fingerprint density at radius 1 is 1.50 bits per heavy atom. The van der Waals surface area contributed by atoms with Gasteiger partial charge in [-0.15, -0.1) is 12.4 Å². The van der Waals surface area contributed by atoms with Gasteiger partial charge in [0.25, 0.3) is 0 Å². The molecule has 2 rings (SSSR count). The highest BCUT2D eigenvalue weighted by atomic mass is 35.5. The number of benzene rings is 1. The third-order valence-corrected chi connectivity index (χ3v) is 3.89. The number of nitrogens with one attached hydrogen (secondary N) is 2. The summed E-state index contributed by atoms with van der Waals surface area (Å²) in [5, 5.41) is 7.48. The van der Waals surface area contributed by atoms with Crippen molar-refractivity contribution in [1.82, 2.24) is 10.6 Å². The third-order valence-electron chi connectivity index (χ3n) is 3.31. The van der Waals surface area contributed by atoms with E-state index in [9.17, 15) is 4.79 Å². The van der Waals surface area contributed by atoms with Crippen LogP contribution in [0, 0.1) is 0 Å². The van der Waals surface area contributed by atoms with E-state index in [0.717, 1.165) is 24.9 Å². The van der Waals surface area contributed by atoms with E-state index < -0.39 is 0 Å². The lowest BCUT2D eigenvalue weighted by molar-refractivity contribution is -0.123. The highest BCUT2D eigenvalue weighted by Gasteiger charge is 2.23. The van der Waals surface area contributed by atoms with Crippen LogP contribution in [0.25, 0.3) is 0 Å². The van der Waals surface area contributed by atoms with Crippen LogP contribution in [0.1, 0.15) is 25.3 Å². The van der Waals surface area contributed by atoms with Crippen LogP contribution in [0.2, 0.25) is 10.0 Å². The van der Waals surface area contributed by atoms with Crippen LogP contribution in [-0.4, -0.2) is 24.5 Å². The van der Waals surface area contributed by atoms with Gasteiger partial charge in [-0.25, -0.2) is 0 Å². The van der Waals surface area contributed by atoms with E-state index in [1.54, 1.807) is 6.07 Å². The Hall–Kier alpha value is -0.480. The van der Waals surface area contributed by atoms with Crippen LogP contribution < -0.4 is 10.6 Å². The minimum absolute atomic E-state index is 0. The second kappa shape index (κ2) is 8.08. The van der Waals surface area contributed by atoms with Crippen LogP contribution in [0.15, 0.2) is 18.2 Å². The first kappa shape index (κ1) is 17.6. The Morgan fingerprint density at radius 3 is 2.85 bits per heavy atom. The van der Waals surface area contributed by atoms with E-state index in [4.69, 9.17) is 23.2 Å². The summed E-state index contributed by atoms with van der Waals surface area (Å²) >= 11 is 12.0. The summed E-state index contributed by atoms with van der Waals surface area (Å²) in [5.41, 5.74) is 0.998. The SMILES string of the molecule is CC(Cc1ccc(Cl)cc1Cl)NC(=O)C1CCCN1.Cl. The predicted octanol–water partition coefficient (Wildman–Crippen LogP) is 3.21. The maximum absolute atomic E-state index is 12.0. The predicted molar refractivity (Wildman–Crippen MR) is 86.0 cm³/mol. The summed E-state index contributed by atoms with van der Waals surface area (Å²) in [5.74, 6) is 0.0788. The molecule has 6 heteroatoms. The van der Waals surface area contributed by atoms with Gasteiger partial charge in [0.1, 0.15) is 0 Å². The van der Waals surface area contributed by atoms with Crippen molar-refractivity contribution in [3.8, 4) is 0 Å². The molecule has 1 fully saturated rings. The monoisotopic (exact) mass is 336 g/mol.